The number of thiophene rings is 1. The molecule has 2 N–H and O–H groups in total. The number of nitrogens with one attached hydrogen (secondary N) is 1. The number of carbonyl (C=O) groups is 2. The largest absolute Gasteiger partial charge is 0.479 e. The molecule has 0 spiro atoms. The summed E-state index contributed by atoms with van der Waals surface area (Å²) in [6, 6.07) is 2.60. The molecule has 1 heterocycles. The number of hydrogen-bond donors (Lipinski definition) is 2. The maximum Gasteiger partial charge on any atom is 0.331 e. The van der Waals surface area contributed by atoms with Crippen LogP contribution >= 0.6 is 11.3 Å². The molecule has 1 amide bonds. The summed E-state index contributed by atoms with van der Waals surface area (Å²) in [5.41, 5.74) is 0. The van der Waals surface area contributed by atoms with Crippen LogP contribution in [-0.2, 0) is 9.59 Å². The van der Waals surface area contributed by atoms with Crippen LogP contribution < -0.4 is 5.32 Å². The van der Waals surface area contributed by atoms with Crippen LogP contribution in [0, 0.1) is 11.8 Å². The van der Waals surface area contributed by atoms with Crippen LogP contribution in [0.4, 0.5) is 0 Å². The van der Waals surface area contributed by atoms with E-state index in [1.54, 1.807) is 17.5 Å². The second kappa shape index (κ2) is 4.25. The number of carbonyl (C=O) groups excluding carboxylic acids is 1. The molecular formula is C11H13NO3S. The van der Waals surface area contributed by atoms with Gasteiger partial charge in [-0.2, -0.15) is 0 Å². The standard InChI is InChI=1S/C11H13NO3S/c1-6-5-7(6)10(13)12-9(11(14)15)8-3-2-4-16-8/h2-4,6-7,9H,5H2,1H3,(H,12,13)(H,14,15). The lowest BCUT2D eigenvalue weighted by atomic mass is 10.2. The van der Waals surface area contributed by atoms with E-state index in [-0.39, 0.29) is 11.8 Å². The lowest BCUT2D eigenvalue weighted by molar-refractivity contribution is -0.142. The van der Waals surface area contributed by atoms with Gasteiger partial charge in [0.15, 0.2) is 6.04 Å². The number of amides is 1. The SMILES string of the molecule is CC1CC1C(=O)NC(C(=O)O)c1cccs1. The van der Waals surface area contributed by atoms with E-state index < -0.39 is 12.0 Å². The molecule has 1 aromatic heterocycles. The van der Waals surface area contributed by atoms with Crippen molar-refractivity contribution in [2.75, 3.05) is 0 Å². The Labute approximate surface area is 97.3 Å². The summed E-state index contributed by atoms with van der Waals surface area (Å²) in [5.74, 6) is -0.767. The van der Waals surface area contributed by atoms with Gasteiger partial charge < -0.3 is 10.4 Å². The molecule has 3 atom stereocenters. The molecule has 16 heavy (non-hydrogen) atoms. The Hall–Kier alpha value is -1.36. The molecule has 1 aliphatic carbocycles. The maximum absolute atomic E-state index is 11.7. The van der Waals surface area contributed by atoms with Crippen molar-refractivity contribution in [2.24, 2.45) is 11.8 Å². The molecule has 1 aromatic rings. The Bertz CT molecular complexity index is 401. The van der Waals surface area contributed by atoms with E-state index >= 15 is 0 Å². The second-order valence-corrected chi connectivity index (χ2v) is 5.09. The summed E-state index contributed by atoms with van der Waals surface area (Å²) in [6.45, 7) is 1.99. The van der Waals surface area contributed by atoms with E-state index in [0.717, 1.165) is 6.42 Å². The van der Waals surface area contributed by atoms with Gasteiger partial charge in [0.2, 0.25) is 5.91 Å². The average Bonchev–Trinajstić information content (AvgIpc) is 2.77. The number of carboxylic acids is 1. The van der Waals surface area contributed by atoms with Gasteiger partial charge in [-0.1, -0.05) is 13.0 Å². The van der Waals surface area contributed by atoms with E-state index in [0.29, 0.717) is 10.8 Å². The molecule has 0 radical (unpaired) electrons. The Morgan fingerprint density at radius 1 is 1.62 bits per heavy atom. The topological polar surface area (TPSA) is 66.4 Å². The summed E-state index contributed by atoms with van der Waals surface area (Å²) < 4.78 is 0. The van der Waals surface area contributed by atoms with Gasteiger partial charge in [0, 0.05) is 10.8 Å². The second-order valence-electron chi connectivity index (χ2n) is 4.11. The van der Waals surface area contributed by atoms with Crippen LogP contribution in [-0.4, -0.2) is 17.0 Å². The highest BCUT2D eigenvalue weighted by Gasteiger charge is 2.40. The van der Waals surface area contributed by atoms with Gasteiger partial charge in [-0.05, 0) is 23.8 Å². The van der Waals surface area contributed by atoms with Crippen LogP contribution in [0.5, 0.6) is 0 Å². The van der Waals surface area contributed by atoms with E-state index in [1.807, 2.05) is 6.92 Å². The maximum atomic E-state index is 11.7. The molecule has 2 rings (SSSR count). The fourth-order valence-corrected chi connectivity index (χ4v) is 2.41. The zero-order valence-electron chi connectivity index (χ0n) is 8.84. The van der Waals surface area contributed by atoms with Gasteiger partial charge in [0.25, 0.3) is 0 Å². The first-order valence-corrected chi connectivity index (χ1v) is 6.04. The molecule has 0 aromatic carbocycles. The first-order chi connectivity index (χ1) is 7.59. The first kappa shape index (κ1) is 11.1. The fraction of sp³-hybridized carbons (Fsp3) is 0.455. The Kier molecular flexibility index (Phi) is 2.96. The molecule has 0 bridgehead atoms. The number of rotatable bonds is 4. The molecule has 1 fully saturated rings. The Morgan fingerprint density at radius 2 is 2.31 bits per heavy atom. The van der Waals surface area contributed by atoms with E-state index in [1.165, 1.54) is 11.3 Å². The van der Waals surface area contributed by atoms with Crippen molar-refractivity contribution in [3.8, 4) is 0 Å². The summed E-state index contributed by atoms with van der Waals surface area (Å²) in [5, 5.41) is 13.4. The third-order valence-corrected chi connectivity index (χ3v) is 3.74. The van der Waals surface area contributed by atoms with Crippen LogP contribution in [0.1, 0.15) is 24.3 Å². The molecule has 0 aliphatic heterocycles. The smallest absolute Gasteiger partial charge is 0.331 e. The van der Waals surface area contributed by atoms with Crippen LogP contribution in [0.25, 0.3) is 0 Å². The Balaban J connectivity index is 2.04. The number of aliphatic carboxylic acids is 1. The van der Waals surface area contributed by atoms with Crippen molar-refractivity contribution < 1.29 is 14.7 Å². The van der Waals surface area contributed by atoms with E-state index in [9.17, 15) is 9.59 Å². The fourth-order valence-electron chi connectivity index (χ4n) is 1.65. The summed E-state index contributed by atoms with van der Waals surface area (Å²) >= 11 is 1.34. The Morgan fingerprint density at radius 3 is 2.75 bits per heavy atom. The normalized spacial score (nSPS) is 24.8. The minimum atomic E-state index is -1.01. The molecule has 1 aliphatic rings. The van der Waals surface area contributed by atoms with Gasteiger partial charge in [-0.3, -0.25) is 4.79 Å². The number of carboxylic acid groups (broad SMARTS) is 1. The molecule has 3 unspecified atom stereocenters. The molecule has 4 nitrogen and oxygen atoms in total. The highest BCUT2D eigenvalue weighted by molar-refractivity contribution is 7.10. The summed E-state index contributed by atoms with van der Waals surface area (Å²) in [6.07, 6.45) is 0.864. The van der Waals surface area contributed by atoms with Gasteiger partial charge in [0.05, 0.1) is 0 Å². The monoisotopic (exact) mass is 239 g/mol. The van der Waals surface area contributed by atoms with Gasteiger partial charge in [-0.15, -0.1) is 11.3 Å². The van der Waals surface area contributed by atoms with Crippen molar-refractivity contribution in [2.45, 2.75) is 19.4 Å². The van der Waals surface area contributed by atoms with E-state index in [4.69, 9.17) is 5.11 Å². The minimum Gasteiger partial charge on any atom is -0.479 e. The molecule has 0 saturated heterocycles. The highest BCUT2D eigenvalue weighted by Crippen LogP contribution is 2.38. The highest BCUT2D eigenvalue weighted by atomic mass is 32.1. The summed E-state index contributed by atoms with van der Waals surface area (Å²) in [4.78, 5) is 23.4. The first-order valence-electron chi connectivity index (χ1n) is 5.16. The van der Waals surface area contributed by atoms with Crippen LogP contribution in [0.2, 0.25) is 0 Å². The van der Waals surface area contributed by atoms with Crippen molar-refractivity contribution in [1.29, 1.82) is 0 Å². The van der Waals surface area contributed by atoms with Gasteiger partial charge in [-0.25, -0.2) is 4.79 Å². The van der Waals surface area contributed by atoms with Gasteiger partial charge >= 0.3 is 5.97 Å². The molecule has 1 saturated carbocycles. The zero-order chi connectivity index (χ0) is 11.7. The summed E-state index contributed by atoms with van der Waals surface area (Å²) in [7, 11) is 0. The lowest BCUT2D eigenvalue weighted by Crippen LogP contribution is -2.34. The number of hydrogen-bond acceptors (Lipinski definition) is 3. The average molecular weight is 239 g/mol. The van der Waals surface area contributed by atoms with Crippen LogP contribution in [0.15, 0.2) is 17.5 Å². The quantitative estimate of drug-likeness (QED) is 0.839. The third-order valence-electron chi connectivity index (χ3n) is 2.81. The van der Waals surface area contributed by atoms with Crippen LogP contribution in [0.3, 0.4) is 0 Å². The molecule has 5 heteroatoms. The van der Waals surface area contributed by atoms with Crippen molar-refractivity contribution in [1.82, 2.24) is 5.32 Å². The predicted molar refractivity (Wildman–Crippen MR) is 60.1 cm³/mol. The van der Waals surface area contributed by atoms with E-state index in [2.05, 4.69) is 5.32 Å². The zero-order valence-corrected chi connectivity index (χ0v) is 9.66. The van der Waals surface area contributed by atoms with Crippen molar-refractivity contribution in [3.63, 3.8) is 0 Å². The van der Waals surface area contributed by atoms with Crippen molar-refractivity contribution >= 4 is 23.2 Å². The molecular weight excluding hydrogens is 226 g/mol. The lowest BCUT2D eigenvalue weighted by Gasteiger charge is -2.12. The van der Waals surface area contributed by atoms with Crippen molar-refractivity contribution in [3.05, 3.63) is 22.4 Å². The third kappa shape index (κ3) is 2.24. The molecule has 86 valence electrons. The van der Waals surface area contributed by atoms with Gasteiger partial charge in [0.1, 0.15) is 0 Å². The predicted octanol–water partition coefficient (Wildman–Crippen LogP) is 1.65. The minimum absolute atomic E-state index is 0.00168.